The number of fused-ring (bicyclic) bond motifs is 1. The van der Waals surface area contributed by atoms with Gasteiger partial charge in [-0.05, 0) is 116 Å². The summed E-state index contributed by atoms with van der Waals surface area (Å²) in [6.45, 7) is 3.39. The first-order valence-electron chi connectivity index (χ1n) is 19.1. The van der Waals surface area contributed by atoms with Crippen molar-refractivity contribution in [3.63, 3.8) is 0 Å². The Kier molecular flexibility index (Phi) is 15.3. The minimum Gasteiger partial charge on any atom is -0.768 e. The lowest BCUT2D eigenvalue weighted by atomic mass is 9.82. The molecule has 11 heteroatoms. The number of amides is 2. The van der Waals surface area contributed by atoms with Crippen LogP contribution in [0, 0.1) is 11.8 Å². The molecule has 0 radical (unpaired) electrons. The van der Waals surface area contributed by atoms with Gasteiger partial charge >= 0.3 is 0 Å². The zero-order valence-electron chi connectivity index (χ0n) is 31.6. The lowest BCUT2D eigenvalue weighted by Crippen LogP contribution is -2.53. The maximum absolute atomic E-state index is 13.4. The zero-order chi connectivity index (χ0) is 38.5. The Morgan fingerprint density at radius 1 is 0.852 bits per heavy atom. The second-order valence-electron chi connectivity index (χ2n) is 14.9. The van der Waals surface area contributed by atoms with Crippen molar-refractivity contribution in [2.24, 2.45) is 28.3 Å². The zero-order valence-corrected chi connectivity index (χ0v) is 32.4. The highest BCUT2D eigenvalue weighted by atomic mass is 32.2. The van der Waals surface area contributed by atoms with E-state index in [0.717, 1.165) is 65.9 Å². The minimum atomic E-state index is -2.13. The highest BCUT2D eigenvalue weighted by Gasteiger charge is 2.29. The van der Waals surface area contributed by atoms with Crippen molar-refractivity contribution in [2.45, 2.75) is 68.3 Å². The summed E-state index contributed by atoms with van der Waals surface area (Å²) in [5.74, 6) is 1.58. The number of likely N-dealkylation sites (tertiary alicyclic amines) is 1. The number of benzene rings is 4. The van der Waals surface area contributed by atoms with Gasteiger partial charge in [0.15, 0.2) is 0 Å². The second-order valence-corrected chi connectivity index (χ2v) is 15.9. The van der Waals surface area contributed by atoms with Gasteiger partial charge in [0.1, 0.15) is 11.9 Å². The number of aliphatic imine (C=N–C) groups is 1. The third-order valence-corrected chi connectivity index (χ3v) is 11.0. The van der Waals surface area contributed by atoms with Gasteiger partial charge in [-0.25, -0.2) is 0 Å². The van der Waals surface area contributed by atoms with Gasteiger partial charge in [0.2, 0.25) is 11.8 Å². The molecule has 1 saturated carbocycles. The standard InChI is InChI=1S/C33H48N6O2.C10H8O2S/c1-38(2)23-27-12-10-26(11-13-27)22-36-31(35)28-16-14-25(15-17-28)21-30(33(41)39-18-6-7-19-39)37-32(40)29(34)20-24-8-4-3-5-9-24;11-13(12)10-6-5-8-3-1-2-4-9(8)7-10/h3-5,8-9,14-17,26-27,29-30H,6-7,10-13,18-23,34H2,1-2H3,(H2,35,36)(H,37,40);1-7H,(H,11,12)/p-1/t26?,27?,29-,30-;/m1./s1. The van der Waals surface area contributed by atoms with E-state index >= 15 is 0 Å². The van der Waals surface area contributed by atoms with Crippen LogP contribution < -0.4 is 16.8 Å². The van der Waals surface area contributed by atoms with Crippen LogP contribution in [0.15, 0.2) is 107 Å². The molecular weight excluding hydrogens is 697 g/mol. The smallest absolute Gasteiger partial charge is 0.245 e. The Balaban J connectivity index is 0.000000360. The van der Waals surface area contributed by atoms with Crippen LogP contribution in [0.3, 0.4) is 0 Å². The van der Waals surface area contributed by atoms with E-state index in [2.05, 4.69) is 24.3 Å². The Labute approximate surface area is 322 Å². The lowest BCUT2D eigenvalue weighted by Gasteiger charge is -2.29. The number of nitrogens with two attached hydrogens (primary N) is 2. The maximum Gasteiger partial charge on any atom is 0.245 e. The molecule has 10 nitrogen and oxygen atoms in total. The topological polar surface area (TPSA) is 157 Å². The summed E-state index contributed by atoms with van der Waals surface area (Å²) in [5, 5.41) is 4.96. The molecule has 4 aromatic carbocycles. The Morgan fingerprint density at radius 2 is 1.46 bits per heavy atom. The molecule has 5 N–H and O–H groups in total. The molecule has 3 atom stereocenters. The van der Waals surface area contributed by atoms with E-state index in [1.54, 1.807) is 18.2 Å². The van der Waals surface area contributed by atoms with Gasteiger partial charge in [0.05, 0.1) is 6.04 Å². The Bertz CT molecular complexity index is 1860. The van der Waals surface area contributed by atoms with Crippen LogP contribution in [0.4, 0.5) is 0 Å². The van der Waals surface area contributed by atoms with Crippen LogP contribution in [0.1, 0.15) is 55.2 Å². The van der Waals surface area contributed by atoms with Gasteiger partial charge in [-0.1, -0.05) is 84.9 Å². The molecule has 1 aliphatic heterocycles. The van der Waals surface area contributed by atoms with Crippen molar-refractivity contribution in [3.05, 3.63) is 114 Å². The molecule has 0 bridgehead atoms. The van der Waals surface area contributed by atoms with Gasteiger partial charge < -0.3 is 31.1 Å². The van der Waals surface area contributed by atoms with Gasteiger partial charge in [-0.2, -0.15) is 0 Å². The molecule has 288 valence electrons. The largest absolute Gasteiger partial charge is 0.768 e. The molecule has 1 aliphatic carbocycles. The van der Waals surface area contributed by atoms with E-state index in [0.29, 0.717) is 29.5 Å². The summed E-state index contributed by atoms with van der Waals surface area (Å²) < 4.78 is 21.3. The van der Waals surface area contributed by atoms with Crippen LogP contribution in [0.25, 0.3) is 10.8 Å². The van der Waals surface area contributed by atoms with Crippen LogP contribution >= 0.6 is 0 Å². The maximum atomic E-state index is 13.4. The number of amidine groups is 1. The second kappa shape index (κ2) is 20.3. The van der Waals surface area contributed by atoms with Crippen molar-refractivity contribution in [3.8, 4) is 0 Å². The summed E-state index contributed by atoms with van der Waals surface area (Å²) in [4.78, 5) is 35.6. The summed E-state index contributed by atoms with van der Waals surface area (Å²) >= 11 is -2.13. The van der Waals surface area contributed by atoms with Crippen molar-refractivity contribution >= 4 is 39.5 Å². The predicted octanol–water partition coefficient (Wildman–Crippen LogP) is 5.06. The summed E-state index contributed by atoms with van der Waals surface area (Å²) in [6, 6.07) is 28.9. The molecule has 54 heavy (non-hydrogen) atoms. The average molecular weight is 752 g/mol. The number of carbonyl (C=O) groups excluding carboxylic acids is 2. The minimum absolute atomic E-state index is 0.0479. The van der Waals surface area contributed by atoms with Gasteiger partial charge in [-0.15, -0.1) is 0 Å². The Hall–Kier alpha value is -4.42. The number of nitrogens with one attached hydrogen (secondary N) is 1. The molecule has 1 saturated heterocycles. The van der Waals surface area contributed by atoms with E-state index in [4.69, 9.17) is 16.5 Å². The first kappa shape index (κ1) is 40.8. The van der Waals surface area contributed by atoms with Crippen LogP contribution in [0.2, 0.25) is 0 Å². The summed E-state index contributed by atoms with van der Waals surface area (Å²) in [5.41, 5.74) is 15.4. The fraction of sp³-hybridized carbons (Fsp3) is 0.419. The van der Waals surface area contributed by atoms with Crippen LogP contribution in [-0.2, 0) is 33.5 Å². The number of hydrogen-bond acceptors (Lipinski definition) is 7. The molecule has 2 fully saturated rings. The van der Waals surface area contributed by atoms with E-state index in [1.165, 1.54) is 32.2 Å². The van der Waals surface area contributed by atoms with Crippen molar-refractivity contribution in [1.29, 1.82) is 0 Å². The molecule has 1 unspecified atom stereocenters. The quantitative estimate of drug-likeness (QED) is 0.0980. The molecular formula is C43H55N6O4S-. The van der Waals surface area contributed by atoms with Gasteiger partial charge in [-0.3, -0.25) is 18.8 Å². The molecule has 1 heterocycles. The monoisotopic (exact) mass is 751 g/mol. The fourth-order valence-electron chi connectivity index (χ4n) is 7.35. The van der Waals surface area contributed by atoms with Crippen molar-refractivity contribution in [2.75, 3.05) is 40.3 Å². The van der Waals surface area contributed by atoms with E-state index < -0.39 is 23.2 Å². The third-order valence-electron chi connectivity index (χ3n) is 10.4. The first-order chi connectivity index (χ1) is 26.0. The highest BCUT2D eigenvalue weighted by Crippen LogP contribution is 2.29. The van der Waals surface area contributed by atoms with Crippen molar-refractivity contribution in [1.82, 2.24) is 15.1 Å². The van der Waals surface area contributed by atoms with Gasteiger partial charge in [0, 0.05) is 43.1 Å². The molecule has 6 rings (SSSR count). The average Bonchev–Trinajstić information content (AvgIpc) is 3.73. The number of rotatable bonds is 13. The molecule has 2 amide bonds. The predicted molar refractivity (Wildman–Crippen MR) is 217 cm³/mol. The normalized spacial score (nSPS) is 19.1. The van der Waals surface area contributed by atoms with E-state index in [1.807, 2.05) is 83.8 Å². The fourth-order valence-corrected chi connectivity index (χ4v) is 7.75. The lowest BCUT2D eigenvalue weighted by molar-refractivity contribution is -0.135. The molecule has 0 spiro atoms. The molecule has 4 aromatic rings. The molecule has 2 aliphatic rings. The molecule has 0 aromatic heterocycles. The number of hydrogen-bond donors (Lipinski definition) is 3. The van der Waals surface area contributed by atoms with E-state index in [9.17, 15) is 18.4 Å². The number of carbonyl (C=O) groups is 2. The van der Waals surface area contributed by atoms with Crippen molar-refractivity contribution < 1.29 is 18.4 Å². The SMILES string of the molecule is CN(C)CC1CCC(CN=C(N)c2ccc(C[C@@H](NC(=O)[C@H](N)Cc3ccccc3)C(=O)N3CCCC3)cc2)CC1.O=S([O-])c1ccc2ccccc2c1. The summed E-state index contributed by atoms with van der Waals surface area (Å²) in [6.07, 6.45) is 7.74. The first-order valence-corrected chi connectivity index (χ1v) is 20.1. The Morgan fingerprint density at radius 3 is 2.11 bits per heavy atom. The van der Waals surface area contributed by atoms with Crippen LogP contribution in [-0.4, -0.2) is 88.6 Å². The number of nitrogens with zero attached hydrogens (tertiary/aromatic N) is 3. The summed E-state index contributed by atoms with van der Waals surface area (Å²) in [7, 11) is 4.29. The third kappa shape index (κ3) is 12.3. The van der Waals surface area contributed by atoms with E-state index in [-0.39, 0.29) is 11.8 Å². The van der Waals surface area contributed by atoms with Gasteiger partial charge in [0.25, 0.3) is 0 Å². The highest BCUT2D eigenvalue weighted by molar-refractivity contribution is 7.79. The van der Waals surface area contributed by atoms with Crippen LogP contribution in [0.5, 0.6) is 0 Å².